The Morgan fingerprint density at radius 3 is 2.38 bits per heavy atom. The van der Waals surface area contributed by atoms with Crippen LogP contribution in [0.1, 0.15) is 10.4 Å². The molecule has 0 saturated carbocycles. The lowest BCUT2D eigenvalue weighted by Gasteiger charge is -2.01. The van der Waals surface area contributed by atoms with Crippen LogP contribution in [-0.4, -0.2) is 24.4 Å². The number of para-hydroxylation sites is 1. The van der Waals surface area contributed by atoms with Gasteiger partial charge in [-0.05, 0) is 12.1 Å². The maximum Gasteiger partial charge on any atom is 0.342 e. The maximum absolute atomic E-state index is 12.7. The highest BCUT2D eigenvalue weighted by atomic mass is 32.3. The Morgan fingerprint density at radius 1 is 1.44 bits per heavy atom. The van der Waals surface area contributed by atoms with Gasteiger partial charge in [-0.1, -0.05) is 6.07 Å². The molecule has 16 heavy (non-hydrogen) atoms. The van der Waals surface area contributed by atoms with Gasteiger partial charge in [0.15, 0.2) is 4.90 Å². The van der Waals surface area contributed by atoms with Gasteiger partial charge in [-0.2, -0.15) is 8.42 Å². The van der Waals surface area contributed by atoms with Crippen molar-refractivity contribution in [3.05, 3.63) is 33.9 Å². The number of nitrogens with zero attached hydrogens (tertiary/aromatic N) is 1. The van der Waals surface area contributed by atoms with Crippen LogP contribution in [-0.2, 0) is 10.2 Å². The van der Waals surface area contributed by atoms with E-state index in [2.05, 4.69) is 0 Å². The first-order chi connectivity index (χ1) is 7.25. The molecule has 0 bridgehead atoms. The minimum atomic E-state index is -5.34. The van der Waals surface area contributed by atoms with Crippen molar-refractivity contribution in [3.8, 4) is 0 Å². The second-order valence-corrected chi connectivity index (χ2v) is 3.97. The van der Waals surface area contributed by atoms with Crippen molar-refractivity contribution >= 4 is 21.9 Å². The fourth-order valence-corrected chi connectivity index (χ4v) is 1.74. The number of nitro groups is 1. The van der Waals surface area contributed by atoms with Gasteiger partial charge in [0.2, 0.25) is 0 Å². The van der Waals surface area contributed by atoms with E-state index in [1.807, 2.05) is 0 Å². The van der Waals surface area contributed by atoms with Crippen LogP contribution in [0, 0.1) is 10.1 Å². The van der Waals surface area contributed by atoms with Crippen molar-refractivity contribution in [1.29, 1.82) is 0 Å². The Balaban J connectivity index is 3.72. The second-order valence-electron chi connectivity index (χ2n) is 2.65. The Hall–Kier alpha value is -2.03. The summed E-state index contributed by atoms with van der Waals surface area (Å²) in [6, 6.07) is 2.35. The molecule has 1 aromatic rings. The van der Waals surface area contributed by atoms with Crippen molar-refractivity contribution in [2.75, 3.05) is 0 Å². The highest BCUT2D eigenvalue weighted by Gasteiger charge is 2.31. The lowest BCUT2D eigenvalue weighted by molar-refractivity contribution is -0.388. The Labute approximate surface area is 88.5 Å². The number of carboxylic acid groups (broad SMARTS) is 1. The minimum absolute atomic E-state index is 0.625. The van der Waals surface area contributed by atoms with Crippen molar-refractivity contribution in [1.82, 2.24) is 0 Å². The zero-order chi connectivity index (χ0) is 12.5. The summed E-state index contributed by atoms with van der Waals surface area (Å²) in [6.07, 6.45) is 0. The van der Waals surface area contributed by atoms with Gasteiger partial charge in [0.1, 0.15) is 5.56 Å². The largest absolute Gasteiger partial charge is 0.477 e. The molecule has 0 atom stereocenters. The molecule has 0 radical (unpaired) electrons. The molecule has 86 valence electrons. The van der Waals surface area contributed by atoms with Gasteiger partial charge in [0.05, 0.1) is 4.92 Å². The summed E-state index contributed by atoms with van der Waals surface area (Å²) in [7, 11) is -5.34. The number of carbonyl (C=O) groups is 1. The lowest BCUT2D eigenvalue weighted by Crippen LogP contribution is -2.07. The first-order valence-electron chi connectivity index (χ1n) is 3.70. The fraction of sp³-hybridized carbons (Fsp3) is 0. The molecule has 0 aromatic heterocycles. The van der Waals surface area contributed by atoms with Crippen LogP contribution >= 0.6 is 0 Å². The molecule has 0 aliphatic rings. The highest BCUT2D eigenvalue weighted by molar-refractivity contribution is 7.86. The molecule has 0 heterocycles. The third-order valence-corrected chi connectivity index (χ3v) is 2.53. The van der Waals surface area contributed by atoms with Gasteiger partial charge < -0.3 is 5.11 Å². The summed E-state index contributed by atoms with van der Waals surface area (Å²) in [6.45, 7) is 0. The first-order valence-corrected chi connectivity index (χ1v) is 5.09. The van der Waals surface area contributed by atoms with Gasteiger partial charge in [-0.3, -0.25) is 10.1 Å². The molecule has 0 saturated heterocycles. The Morgan fingerprint density at radius 2 is 2.00 bits per heavy atom. The molecule has 0 spiro atoms. The molecule has 1 N–H and O–H groups in total. The summed E-state index contributed by atoms with van der Waals surface area (Å²) >= 11 is 0. The molecule has 0 fully saturated rings. The van der Waals surface area contributed by atoms with Crippen LogP contribution in [0.3, 0.4) is 0 Å². The molecule has 0 aliphatic heterocycles. The van der Waals surface area contributed by atoms with E-state index >= 15 is 0 Å². The Kier molecular flexibility index (Phi) is 2.90. The van der Waals surface area contributed by atoms with E-state index in [4.69, 9.17) is 5.11 Å². The lowest BCUT2D eigenvalue weighted by atomic mass is 10.2. The summed E-state index contributed by atoms with van der Waals surface area (Å²) in [5, 5.41) is 19.1. The van der Waals surface area contributed by atoms with Crippen LogP contribution in [0.5, 0.6) is 0 Å². The summed E-state index contributed by atoms with van der Waals surface area (Å²) in [5.74, 6) is -1.71. The van der Waals surface area contributed by atoms with Crippen LogP contribution < -0.4 is 0 Å². The van der Waals surface area contributed by atoms with Gasteiger partial charge in [-0.25, -0.2) is 4.79 Å². The zero-order valence-electron chi connectivity index (χ0n) is 7.45. The van der Waals surface area contributed by atoms with Crippen molar-refractivity contribution in [3.63, 3.8) is 0 Å². The maximum atomic E-state index is 12.7. The van der Waals surface area contributed by atoms with Crippen LogP contribution in [0.15, 0.2) is 23.1 Å². The topological polar surface area (TPSA) is 115 Å². The predicted molar refractivity (Wildman–Crippen MR) is 48.3 cm³/mol. The number of nitro benzene ring substituents is 1. The SMILES string of the molecule is O=C(O)c1cccc(S(=O)(=O)F)c1[N+](=O)[O-]. The minimum Gasteiger partial charge on any atom is -0.477 e. The monoisotopic (exact) mass is 249 g/mol. The van der Waals surface area contributed by atoms with E-state index in [-0.39, 0.29) is 0 Å². The Bertz CT molecular complexity index is 566. The van der Waals surface area contributed by atoms with E-state index < -0.39 is 37.3 Å². The van der Waals surface area contributed by atoms with Crippen molar-refractivity contribution in [2.24, 2.45) is 0 Å². The third-order valence-electron chi connectivity index (χ3n) is 1.67. The predicted octanol–water partition coefficient (Wildman–Crippen LogP) is 0.951. The van der Waals surface area contributed by atoms with Crippen LogP contribution in [0.2, 0.25) is 0 Å². The van der Waals surface area contributed by atoms with Crippen LogP contribution in [0.25, 0.3) is 0 Å². The standard InChI is InChI=1S/C7H4FNO6S/c8-16(14,15)5-3-1-2-4(7(10)11)6(5)9(12)13/h1-3H,(H,10,11). The van der Waals surface area contributed by atoms with Gasteiger partial charge in [0.25, 0.3) is 0 Å². The van der Waals surface area contributed by atoms with E-state index in [1.54, 1.807) is 0 Å². The first kappa shape index (κ1) is 12.0. The molecule has 1 aromatic carbocycles. The van der Waals surface area contributed by atoms with E-state index in [0.717, 1.165) is 12.1 Å². The quantitative estimate of drug-likeness (QED) is 0.484. The van der Waals surface area contributed by atoms with Gasteiger partial charge in [0, 0.05) is 0 Å². The number of hydrogen-bond donors (Lipinski definition) is 1. The molecule has 0 unspecified atom stereocenters. The average Bonchev–Trinajstić information content (AvgIpc) is 2.14. The zero-order valence-corrected chi connectivity index (χ0v) is 8.27. The molecule has 9 heteroatoms. The fourth-order valence-electron chi connectivity index (χ4n) is 1.08. The van der Waals surface area contributed by atoms with Gasteiger partial charge >= 0.3 is 21.9 Å². The smallest absolute Gasteiger partial charge is 0.342 e. The summed E-state index contributed by atoms with van der Waals surface area (Å²) in [5.41, 5.74) is -2.17. The van der Waals surface area contributed by atoms with E-state index in [9.17, 15) is 27.2 Å². The van der Waals surface area contributed by atoms with Gasteiger partial charge in [-0.15, -0.1) is 3.89 Å². The third kappa shape index (κ3) is 2.14. The number of hydrogen-bond acceptors (Lipinski definition) is 5. The molecule has 7 nitrogen and oxygen atoms in total. The molecule has 1 rings (SSSR count). The molecular formula is C7H4FNO6S. The van der Waals surface area contributed by atoms with Crippen molar-refractivity contribution < 1.29 is 27.1 Å². The number of aromatic carboxylic acids is 1. The number of halogens is 1. The number of benzene rings is 1. The number of carboxylic acids is 1. The summed E-state index contributed by atoms with van der Waals surface area (Å²) in [4.78, 5) is 18.6. The second kappa shape index (κ2) is 3.85. The molecule has 0 amide bonds. The normalized spacial score (nSPS) is 11.1. The highest BCUT2D eigenvalue weighted by Crippen LogP contribution is 2.29. The number of rotatable bonds is 3. The van der Waals surface area contributed by atoms with E-state index in [0.29, 0.717) is 6.07 Å². The average molecular weight is 249 g/mol. The van der Waals surface area contributed by atoms with E-state index in [1.165, 1.54) is 0 Å². The molecule has 0 aliphatic carbocycles. The van der Waals surface area contributed by atoms with Crippen LogP contribution in [0.4, 0.5) is 9.57 Å². The summed E-state index contributed by atoms with van der Waals surface area (Å²) < 4.78 is 33.8. The van der Waals surface area contributed by atoms with Crippen molar-refractivity contribution in [2.45, 2.75) is 4.90 Å². The molecular weight excluding hydrogens is 245 g/mol.